The van der Waals surface area contributed by atoms with Gasteiger partial charge in [0.25, 0.3) is 0 Å². The molecule has 1 aliphatic heterocycles. The molecule has 2 aliphatic rings. The van der Waals surface area contributed by atoms with Crippen LogP contribution in [0.25, 0.3) is 0 Å². The molecule has 0 amide bonds. The van der Waals surface area contributed by atoms with Crippen molar-refractivity contribution in [2.75, 3.05) is 25.0 Å². The van der Waals surface area contributed by atoms with Crippen LogP contribution in [0.15, 0.2) is 6.07 Å². The second-order valence-corrected chi connectivity index (χ2v) is 5.96. The van der Waals surface area contributed by atoms with E-state index < -0.39 is 0 Å². The molecule has 20 heavy (non-hydrogen) atoms. The van der Waals surface area contributed by atoms with Crippen molar-refractivity contribution < 1.29 is 0 Å². The molecule has 1 unspecified atom stereocenters. The third kappa shape index (κ3) is 2.64. The number of aryl methyl sites for hydroxylation is 2. The predicted molar refractivity (Wildman–Crippen MR) is 79.9 cm³/mol. The molecule has 2 heterocycles. The molecule has 0 spiro atoms. The minimum atomic E-state index is 0.523. The maximum Gasteiger partial charge on any atom is 0.146 e. The number of nitrogens with zero attached hydrogens (tertiary/aromatic N) is 3. The molecular formula is C16H22N4. The molecule has 0 radical (unpaired) electrons. The van der Waals surface area contributed by atoms with Crippen LogP contribution in [0.1, 0.15) is 42.5 Å². The van der Waals surface area contributed by atoms with Gasteiger partial charge >= 0.3 is 0 Å². The molecule has 1 aromatic heterocycles. The molecule has 4 nitrogen and oxygen atoms in total. The van der Waals surface area contributed by atoms with Crippen molar-refractivity contribution in [1.29, 1.82) is 5.26 Å². The molecule has 1 fully saturated rings. The maximum atomic E-state index is 9.37. The summed E-state index contributed by atoms with van der Waals surface area (Å²) in [6.07, 6.45) is 7.10. The van der Waals surface area contributed by atoms with Gasteiger partial charge in [0.05, 0.1) is 5.56 Å². The average Bonchev–Trinajstić information content (AvgIpc) is 2.94. The van der Waals surface area contributed by atoms with Crippen LogP contribution in [0.3, 0.4) is 0 Å². The Labute approximate surface area is 120 Å². The Kier molecular flexibility index (Phi) is 3.88. The summed E-state index contributed by atoms with van der Waals surface area (Å²) in [6, 6.07) is 4.89. The number of hydrogen-bond acceptors (Lipinski definition) is 4. The summed E-state index contributed by atoms with van der Waals surface area (Å²) in [5.74, 6) is 0.862. The topological polar surface area (TPSA) is 52.0 Å². The molecule has 0 bridgehead atoms. The third-order valence-corrected chi connectivity index (χ3v) is 4.42. The van der Waals surface area contributed by atoms with Gasteiger partial charge in [-0.15, -0.1) is 0 Å². The second-order valence-electron chi connectivity index (χ2n) is 5.96. The van der Waals surface area contributed by atoms with E-state index in [1.807, 2.05) is 0 Å². The van der Waals surface area contributed by atoms with Crippen molar-refractivity contribution in [2.24, 2.45) is 0 Å². The summed E-state index contributed by atoms with van der Waals surface area (Å²) in [5.41, 5.74) is 3.20. The van der Waals surface area contributed by atoms with E-state index in [2.05, 4.69) is 29.4 Å². The first-order valence-corrected chi connectivity index (χ1v) is 7.65. The van der Waals surface area contributed by atoms with Crippen LogP contribution in [0.5, 0.6) is 0 Å². The van der Waals surface area contributed by atoms with Crippen LogP contribution in [0.2, 0.25) is 0 Å². The third-order valence-electron chi connectivity index (χ3n) is 4.42. The van der Waals surface area contributed by atoms with Crippen molar-refractivity contribution in [2.45, 2.75) is 44.6 Å². The quantitative estimate of drug-likeness (QED) is 0.913. The first kappa shape index (κ1) is 13.4. The number of piperidine rings is 1. The van der Waals surface area contributed by atoms with Crippen LogP contribution in [-0.2, 0) is 12.8 Å². The molecule has 3 rings (SSSR count). The summed E-state index contributed by atoms with van der Waals surface area (Å²) in [5, 5.41) is 12.9. The molecule has 1 N–H and O–H groups in total. The largest absolute Gasteiger partial charge is 0.357 e. The van der Waals surface area contributed by atoms with Gasteiger partial charge in [-0.05, 0) is 50.3 Å². The molecule has 1 aliphatic carbocycles. The lowest BCUT2D eigenvalue weighted by molar-refractivity contribution is 0.403. The molecule has 4 heteroatoms. The maximum absolute atomic E-state index is 9.37. The van der Waals surface area contributed by atoms with E-state index in [0.717, 1.165) is 37.3 Å². The zero-order valence-electron chi connectivity index (χ0n) is 12.2. The molecule has 0 aromatic carbocycles. The van der Waals surface area contributed by atoms with Gasteiger partial charge in [0, 0.05) is 25.3 Å². The zero-order valence-corrected chi connectivity index (χ0v) is 12.2. The van der Waals surface area contributed by atoms with Gasteiger partial charge in [-0.3, -0.25) is 0 Å². The highest BCUT2D eigenvalue weighted by atomic mass is 15.2. The van der Waals surface area contributed by atoms with Gasteiger partial charge in [-0.25, -0.2) is 4.98 Å². The van der Waals surface area contributed by atoms with E-state index in [4.69, 9.17) is 4.98 Å². The summed E-state index contributed by atoms with van der Waals surface area (Å²) in [6.45, 7) is 2.04. The number of likely N-dealkylation sites (N-methyl/N-ethyl adjacent to an activating group) is 1. The van der Waals surface area contributed by atoms with E-state index in [9.17, 15) is 5.26 Å². The number of pyridine rings is 1. The molecule has 1 atom stereocenters. The Bertz CT molecular complexity index is 526. The van der Waals surface area contributed by atoms with E-state index in [0.29, 0.717) is 6.04 Å². The summed E-state index contributed by atoms with van der Waals surface area (Å²) >= 11 is 0. The van der Waals surface area contributed by atoms with Crippen molar-refractivity contribution in [3.05, 3.63) is 22.9 Å². The summed E-state index contributed by atoms with van der Waals surface area (Å²) in [7, 11) is 2.06. The monoisotopic (exact) mass is 270 g/mol. The first-order chi connectivity index (χ1) is 9.78. The lowest BCUT2D eigenvalue weighted by Gasteiger charge is -2.29. The van der Waals surface area contributed by atoms with Gasteiger partial charge in [0.2, 0.25) is 0 Å². The molecule has 106 valence electrons. The van der Waals surface area contributed by atoms with Crippen LogP contribution < -0.4 is 10.2 Å². The minimum absolute atomic E-state index is 0.523. The highest BCUT2D eigenvalue weighted by Gasteiger charge is 2.21. The van der Waals surface area contributed by atoms with Gasteiger partial charge in [-0.1, -0.05) is 6.42 Å². The van der Waals surface area contributed by atoms with Crippen molar-refractivity contribution in [3.63, 3.8) is 0 Å². The van der Waals surface area contributed by atoms with Crippen molar-refractivity contribution in [3.8, 4) is 6.07 Å². The van der Waals surface area contributed by atoms with Crippen LogP contribution in [-0.4, -0.2) is 31.2 Å². The fraction of sp³-hybridized carbons (Fsp3) is 0.625. The first-order valence-electron chi connectivity index (χ1n) is 7.65. The Morgan fingerprint density at radius 1 is 1.40 bits per heavy atom. The Balaban J connectivity index is 1.79. The SMILES string of the molecule is CN(CC1CCCCN1)c1nc2c(cc1C#N)CCC2. The fourth-order valence-electron chi connectivity index (χ4n) is 3.33. The van der Waals surface area contributed by atoms with Crippen LogP contribution in [0.4, 0.5) is 5.82 Å². The van der Waals surface area contributed by atoms with Gasteiger partial charge < -0.3 is 10.2 Å². The number of hydrogen-bond donors (Lipinski definition) is 1. The minimum Gasteiger partial charge on any atom is -0.357 e. The number of rotatable bonds is 3. The van der Waals surface area contributed by atoms with Crippen molar-refractivity contribution in [1.82, 2.24) is 10.3 Å². The van der Waals surface area contributed by atoms with E-state index in [-0.39, 0.29) is 0 Å². The van der Waals surface area contributed by atoms with Gasteiger partial charge in [0.15, 0.2) is 0 Å². The van der Waals surface area contributed by atoms with E-state index >= 15 is 0 Å². The number of anilines is 1. The molecular weight excluding hydrogens is 248 g/mol. The van der Waals surface area contributed by atoms with Crippen LogP contribution >= 0.6 is 0 Å². The standard InChI is InChI=1S/C16H22N4/c1-20(11-14-6-2-3-8-18-14)16-13(10-17)9-12-5-4-7-15(12)19-16/h9,14,18H,2-8,11H2,1H3. The molecule has 0 saturated carbocycles. The van der Waals surface area contributed by atoms with Gasteiger partial charge in [-0.2, -0.15) is 5.26 Å². The Morgan fingerprint density at radius 3 is 3.05 bits per heavy atom. The summed E-state index contributed by atoms with van der Waals surface area (Å²) in [4.78, 5) is 6.92. The zero-order chi connectivity index (χ0) is 13.9. The smallest absolute Gasteiger partial charge is 0.146 e. The highest BCUT2D eigenvalue weighted by Crippen LogP contribution is 2.26. The normalized spacial score (nSPS) is 21.3. The Hall–Kier alpha value is -1.60. The van der Waals surface area contributed by atoms with E-state index in [1.54, 1.807) is 0 Å². The average molecular weight is 270 g/mol. The number of aromatic nitrogens is 1. The number of nitrogens with one attached hydrogen (secondary N) is 1. The Morgan fingerprint density at radius 2 is 2.30 bits per heavy atom. The van der Waals surface area contributed by atoms with Crippen molar-refractivity contribution >= 4 is 5.82 Å². The lowest BCUT2D eigenvalue weighted by atomic mass is 10.0. The lowest BCUT2D eigenvalue weighted by Crippen LogP contribution is -2.42. The second kappa shape index (κ2) is 5.80. The molecule has 1 saturated heterocycles. The van der Waals surface area contributed by atoms with Crippen LogP contribution in [0, 0.1) is 11.3 Å². The number of fused-ring (bicyclic) bond motifs is 1. The highest BCUT2D eigenvalue weighted by molar-refractivity contribution is 5.56. The molecule has 1 aromatic rings. The van der Waals surface area contributed by atoms with E-state index in [1.165, 1.54) is 36.9 Å². The number of nitriles is 1. The fourth-order valence-corrected chi connectivity index (χ4v) is 3.33. The predicted octanol–water partition coefficient (Wildman–Crippen LogP) is 2.02. The van der Waals surface area contributed by atoms with Gasteiger partial charge in [0.1, 0.15) is 11.9 Å². The summed E-state index contributed by atoms with van der Waals surface area (Å²) < 4.78 is 0.